The van der Waals surface area contributed by atoms with Gasteiger partial charge < -0.3 is 10.2 Å². The second-order valence-corrected chi connectivity index (χ2v) is 6.93. The van der Waals surface area contributed by atoms with E-state index in [9.17, 15) is 4.79 Å². The molecule has 1 aliphatic heterocycles. The summed E-state index contributed by atoms with van der Waals surface area (Å²) in [5, 5.41) is 2.95. The fraction of sp³-hybridized carbons (Fsp3) is 0.450. The van der Waals surface area contributed by atoms with Gasteiger partial charge in [-0.1, -0.05) is 6.07 Å². The second kappa shape index (κ2) is 8.76. The number of hydrogen-bond acceptors (Lipinski definition) is 4. The van der Waals surface area contributed by atoms with E-state index in [0.29, 0.717) is 6.04 Å². The summed E-state index contributed by atoms with van der Waals surface area (Å²) < 4.78 is 0. The van der Waals surface area contributed by atoms with Crippen LogP contribution in [0.4, 0.5) is 10.5 Å². The molecule has 26 heavy (non-hydrogen) atoms. The Morgan fingerprint density at radius 3 is 2.85 bits per heavy atom. The van der Waals surface area contributed by atoms with Gasteiger partial charge in [-0.05, 0) is 57.5 Å². The van der Waals surface area contributed by atoms with Gasteiger partial charge in [0.1, 0.15) is 0 Å². The van der Waals surface area contributed by atoms with E-state index in [0.717, 1.165) is 56.0 Å². The van der Waals surface area contributed by atoms with Gasteiger partial charge in [0.15, 0.2) is 0 Å². The molecule has 0 aromatic carbocycles. The molecule has 138 valence electrons. The summed E-state index contributed by atoms with van der Waals surface area (Å²) in [4.78, 5) is 25.4. The van der Waals surface area contributed by atoms with Crippen molar-refractivity contribution >= 4 is 11.7 Å². The van der Waals surface area contributed by atoms with E-state index in [1.807, 2.05) is 42.3 Å². The number of aryl methyl sites for hydroxylation is 1. The third-order valence-electron chi connectivity index (χ3n) is 4.91. The summed E-state index contributed by atoms with van der Waals surface area (Å²) in [7, 11) is 2.15. The zero-order valence-electron chi connectivity index (χ0n) is 15.6. The number of hydrogen-bond donors (Lipinski definition) is 1. The Balaban J connectivity index is 1.52. The molecule has 1 fully saturated rings. The minimum absolute atomic E-state index is 0.0383. The number of likely N-dealkylation sites (tertiary alicyclic amines) is 1. The van der Waals surface area contributed by atoms with Gasteiger partial charge in [-0.2, -0.15) is 0 Å². The number of anilines is 1. The first-order valence-electron chi connectivity index (χ1n) is 9.20. The first kappa shape index (κ1) is 18.3. The molecule has 6 nitrogen and oxygen atoms in total. The van der Waals surface area contributed by atoms with Gasteiger partial charge in [0.05, 0.1) is 17.6 Å². The predicted octanol–water partition coefficient (Wildman–Crippen LogP) is 3.30. The van der Waals surface area contributed by atoms with Crippen LogP contribution >= 0.6 is 0 Å². The molecule has 0 radical (unpaired) electrons. The number of carbonyl (C=O) groups is 1. The average Bonchev–Trinajstić information content (AvgIpc) is 2.91. The maximum Gasteiger partial charge on any atom is 0.321 e. The number of amides is 2. The van der Waals surface area contributed by atoms with E-state index in [2.05, 4.69) is 33.3 Å². The number of carbonyl (C=O) groups excluding carboxylic acids is 1. The molecule has 3 heterocycles. The molecule has 1 N–H and O–H groups in total. The highest BCUT2D eigenvalue weighted by Gasteiger charge is 2.23. The van der Waals surface area contributed by atoms with E-state index in [1.165, 1.54) is 0 Å². The largest absolute Gasteiger partial charge is 0.324 e. The Morgan fingerprint density at radius 1 is 1.23 bits per heavy atom. The molecule has 3 rings (SSSR count). The van der Waals surface area contributed by atoms with Gasteiger partial charge in [-0.15, -0.1) is 0 Å². The minimum atomic E-state index is -0.0383. The lowest BCUT2D eigenvalue weighted by molar-refractivity contribution is 0.200. The molecule has 6 heteroatoms. The molecule has 0 bridgehead atoms. The lowest BCUT2D eigenvalue weighted by Crippen LogP contribution is -2.37. The van der Waals surface area contributed by atoms with Gasteiger partial charge in [0, 0.05) is 37.6 Å². The third kappa shape index (κ3) is 5.02. The predicted molar refractivity (Wildman–Crippen MR) is 103 cm³/mol. The molecule has 0 saturated carbocycles. The monoisotopic (exact) mass is 353 g/mol. The molecule has 0 spiro atoms. The van der Waals surface area contributed by atoms with Crippen molar-refractivity contribution in [3.63, 3.8) is 0 Å². The van der Waals surface area contributed by atoms with Crippen molar-refractivity contribution in [1.82, 2.24) is 19.8 Å². The topological polar surface area (TPSA) is 61.4 Å². The van der Waals surface area contributed by atoms with Crippen molar-refractivity contribution in [3.05, 3.63) is 54.1 Å². The summed E-state index contributed by atoms with van der Waals surface area (Å²) in [5.74, 6) is 0. The molecule has 0 aliphatic carbocycles. The van der Waals surface area contributed by atoms with Gasteiger partial charge >= 0.3 is 6.03 Å². The van der Waals surface area contributed by atoms with Crippen LogP contribution in [0.5, 0.6) is 0 Å². The van der Waals surface area contributed by atoms with Gasteiger partial charge in [0.2, 0.25) is 0 Å². The normalized spacial score (nSPS) is 17.8. The van der Waals surface area contributed by atoms with Gasteiger partial charge in [-0.25, -0.2) is 4.79 Å². The van der Waals surface area contributed by atoms with Crippen LogP contribution < -0.4 is 5.32 Å². The fourth-order valence-electron chi connectivity index (χ4n) is 3.34. The SMILES string of the molecule is Cc1ccc(NC(=O)N2CCC[C@H](N(C)Cc3ccccn3)CC2)cn1. The molecule has 0 unspecified atom stereocenters. The van der Waals surface area contributed by atoms with E-state index in [-0.39, 0.29) is 6.03 Å². The van der Waals surface area contributed by atoms with Crippen molar-refractivity contribution < 1.29 is 4.79 Å². The standard InChI is InChI=1S/C20H27N5O/c1-16-8-9-17(14-22-16)23-20(26)25-12-5-7-19(10-13-25)24(2)15-18-6-3-4-11-21-18/h3-4,6,8-9,11,14,19H,5,7,10,12-13,15H2,1-2H3,(H,23,26)/t19-/m0/s1. The van der Waals surface area contributed by atoms with Gasteiger partial charge in [0.25, 0.3) is 0 Å². The second-order valence-electron chi connectivity index (χ2n) is 6.93. The molecular formula is C20H27N5O. The third-order valence-corrected chi connectivity index (χ3v) is 4.91. The smallest absolute Gasteiger partial charge is 0.321 e. The van der Waals surface area contributed by atoms with Crippen LogP contribution in [-0.4, -0.2) is 52.0 Å². The van der Waals surface area contributed by atoms with Crippen molar-refractivity contribution in [3.8, 4) is 0 Å². The number of urea groups is 1. The highest BCUT2D eigenvalue weighted by molar-refractivity contribution is 5.89. The molecule has 1 atom stereocenters. The Kier molecular flexibility index (Phi) is 6.17. The van der Waals surface area contributed by atoms with Crippen LogP contribution in [0.2, 0.25) is 0 Å². The Labute approximate surface area is 155 Å². The van der Waals surface area contributed by atoms with Crippen LogP contribution in [-0.2, 0) is 6.54 Å². The Bertz CT molecular complexity index is 704. The number of rotatable bonds is 4. The first-order chi connectivity index (χ1) is 12.6. The van der Waals surface area contributed by atoms with E-state index in [4.69, 9.17) is 0 Å². The number of nitrogens with one attached hydrogen (secondary N) is 1. The summed E-state index contributed by atoms with van der Waals surface area (Å²) in [6.07, 6.45) is 6.62. The number of nitrogens with zero attached hydrogens (tertiary/aromatic N) is 4. The summed E-state index contributed by atoms with van der Waals surface area (Å²) in [5.41, 5.74) is 2.77. The van der Waals surface area contributed by atoms with Crippen LogP contribution in [0, 0.1) is 6.92 Å². The number of aromatic nitrogens is 2. The van der Waals surface area contributed by atoms with Crippen molar-refractivity contribution in [2.45, 2.75) is 38.8 Å². The molecule has 2 aromatic heterocycles. The van der Waals surface area contributed by atoms with Crippen LogP contribution in [0.15, 0.2) is 42.7 Å². The minimum Gasteiger partial charge on any atom is -0.324 e. The molecule has 2 amide bonds. The summed E-state index contributed by atoms with van der Waals surface area (Å²) in [6, 6.07) is 10.2. The summed E-state index contributed by atoms with van der Waals surface area (Å²) >= 11 is 0. The number of pyridine rings is 2. The van der Waals surface area contributed by atoms with E-state index in [1.54, 1.807) is 6.20 Å². The van der Waals surface area contributed by atoms with E-state index >= 15 is 0 Å². The van der Waals surface area contributed by atoms with Crippen molar-refractivity contribution in [2.75, 3.05) is 25.5 Å². The maximum absolute atomic E-state index is 12.5. The lowest BCUT2D eigenvalue weighted by Gasteiger charge is -2.27. The highest BCUT2D eigenvalue weighted by Crippen LogP contribution is 2.18. The van der Waals surface area contributed by atoms with Crippen molar-refractivity contribution in [2.24, 2.45) is 0 Å². The average molecular weight is 353 g/mol. The molecule has 2 aromatic rings. The van der Waals surface area contributed by atoms with Gasteiger partial charge in [-0.3, -0.25) is 14.9 Å². The van der Waals surface area contributed by atoms with Crippen LogP contribution in [0.1, 0.15) is 30.7 Å². The van der Waals surface area contributed by atoms with Crippen LogP contribution in [0.3, 0.4) is 0 Å². The zero-order valence-corrected chi connectivity index (χ0v) is 15.6. The van der Waals surface area contributed by atoms with Crippen LogP contribution in [0.25, 0.3) is 0 Å². The van der Waals surface area contributed by atoms with E-state index < -0.39 is 0 Å². The quantitative estimate of drug-likeness (QED) is 0.916. The highest BCUT2D eigenvalue weighted by atomic mass is 16.2. The lowest BCUT2D eigenvalue weighted by atomic mass is 10.1. The fourth-order valence-corrected chi connectivity index (χ4v) is 3.34. The molecule has 1 aliphatic rings. The first-order valence-corrected chi connectivity index (χ1v) is 9.20. The maximum atomic E-state index is 12.5. The Morgan fingerprint density at radius 2 is 2.12 bits per heavy atom. The molecular weight excluding hydrogens is 326 g/mol. The molecule has 1 saturated heterocycles. The summed E-state index contributed by atoms with van der Waals surface area (Å²) in [6.45, 7) is 4.33. The van der Waals surface area contributed by atoms with Crippen molar-refractivity contribution in [1.29, 1.82) is 0 Å². The Hall–Kier alpha value is -2.47. The zero-order chi connectivity index (χ0) is 18.4.